The lowest BCUT2D eigenvalue weighted by Crippen LogP contribution is -2.18. The molecule has 0 aliphatic heterocycles. The summed E-state index contributed by atoms with van der Waals surface area (Å²) in [5.41, 5.74) is -0.712. The predicted molar refractivity (Wildman–Crippen MR) is 38.5 cm³/mol. The van der Waals surface area contributed by atoms with Gasteiger partial charge in [0.1, 0.15) is 0 Å². The number of halogens is 5. The topological polar surface area (TPSA) is 26.3 Å². The van der Waals surface area contributed by atoms with E-state index in [4.69, 9.17) is 0 Å². The van der Waals surface area contributed by atoms with Gasteiger partial charge in [0.05, 0.1) is 5.56 Å². The van der Waals surface area contributed by atoms with Gasteiger partial charge in [-0.2, -0.15) is 4.39 Å². The Kier molecular flexibility index (Phi) is 2.92. The molecule has 15 heavy (non-hydrogen) atoms. The molecular weight excluding hydrogens is 223 g/mol. The van der Waals surface area contributed by atoms with Crippen molar-refractivity contribution in [2.24, 2.45) is 0 Å². The molecule has 0 radical (unpaired) electrons. The molecule has 0 aliphatic rings. The van der Waals surface area contributed by atoms with E-state index in [-0.39, 0.29) is 0 Å². The van der Waals surface area contributed by atoms with Crippen molar-refractivity contribution in [3.63, 3.8) is 0 Å². The Bertz CT molecular complexity index is 385. The maximum atomic E-state index is 12.7. The third-order valence-electron chi connectivity index (χ3n) is 1.38. The lowest BCUT2D eigenvalue weighted by atomic mass is 10.2. The summed E-state index contributed by atoms with van der Waals surface area (Å²) < 4.78 is 63.1. The van der Waals surface area contributed by atoms with E-state index in [0.717, 1.165) is 0 Å². The van der Waals surface area contributed by atoms with Crippen LogP contribution in [0.2, 0.25) is 0 Å². The molecule has 0 fully saturated rings. The number of ether oxygens (including phenoxy) is 1. The molecule has 0 saturated heterocycles. The number of carbonyl (C=O) groups excluding carboxylic acids is 1. The number of benzene rings is 1. The van der Waals surface area contributed by atoms with Crippen LogP contribution in [0, 0.1) is 5.82 Å². The van der Waals surface area contributed by atoms with Gasteiger partial charge in [-0.1, -0.05) is 0 Å². The monoisotopic (exact) mass is 226 g/mol. The zero-order valence-corrected chi connectivity index (χ0v) is 6.94. The number of rotatable bonds is 2. The van der Waals surface area contributed by atoms with E-state index in [2.05, 4.69) is 4.74 Å². The lowest BCUT2D eigenvalue weighted by molar-refractivity contribution is -0.275. The summed E-state index contributed by atoms with van der Waals surface area (Å²) in [6, 6.07) is -0.415. The predicted octanol–water partition coefficient (Wildman–Crippen LogP) is 2.83. The summed E-state index contributed by atoms with van der Waals surface area (Å²) in [7, 11) is 0. The van der Waals surface area contributed by atoms with Crippen molar-refractivity contribution in [1.29, 1.82) is 0 Å². The second-order valence-electron chi connectivity index (χ2n) is 2.47. The van der Waals surface area contributed by atoms with E-state index in [1.54, 1.807) is 0 Å². The van der Waals surface area contributed by atoms with Gasteiger partial charge in [0.15, 0.2) is 11.6 Å². The maximum absolute atomic E-state index is 12.7. The van der Waals surface area contributed by atoms with Crippen LogP contribution in [0.4, 0.5) is 22.0 Å². The first-order valence-corrected chi connectivity index (χ1v) is 3.55. The van der Waals surface area contributed by atoms with Crippen LogP contribution in [0.5, 0.6) is 5.75 Å². The van der Waals surface area contributed by atoms with Crippen LogP contribution >= 0.6 is 0 Å². The molecule has 1 rings (SSSR count). The normalized spacial score (nSPS) is 11.3. The first-order chi connectivity index (χ1) is 6.79. The smallest absolute Gasteiger partial charge is 0.403 e. The Hall–Kier alpha value is -1.66. The van der Waals surface area contributed by atoms with Crippen LogP contribution in [0.25, 0.3) is 0 Å². The SMILES string of the molecule is O=C(F)c1ccc(F)c(OC(F)(F)F)c1. The Labute approximate surface area is 80.3 Å². The summed E-state index contributed by atoms with van der Waals surface area (Å²) >= 11 is 0. The van der Waals surface area contributed by atoms with E-state index < -0.39 is 29.5 Å². The molecular formula is C8H3F5O2. The third-order valence-corrected chi connectivity index (χ3v) is 1.38. The van der Waals surface area contributed by atoms with Crippen molar-refractivity contribution in [3.8, 4) is 5.75 Å². The minimum absolute atomic E-state index is 0.338. The molecule has 82 valence electrons. The number of hydrogen-bond acceptors (Lipinski definition) is 2. The Morgan fingerprint density at radius 3 is 2.33 bits per heavy atom. The molecule has 0 aliphatic carbocycles. The second kappa shape index (κ2) is 3.84. The van der Waals surface area contributed by atoms with Crippen LogP contribution < -0.4 is 4.74 Å². The van der Waals surface area contributed by atoms with Crippen molar-refractivity contribution in [1.82, 2.24) is 0 Å². The largest absolute Gasteiger partial charge is 0.573 e. The zero-order chi connectivity index (χ0) is 11.6. The Morgan fingerprint density at radius 1 is 1.27 bits per heavy atom. The molecule has 0 atom stereocenters. The second-order valence-corrected chi connectivity index (χ2v) is 2.47. The molecule has 0 unspecified atom stereocenters. The van der Waals surface area contributed by atoms with Crippen LogP contribution in [0.1, 0.15) is 10.4 Å². The van der Waals surface area contributed by atoms with Gasteiger partial charge in [-0.05, 0) is 18.2 Å². The molecule has 0 aromatic heterocycles. The Balaban J connectivity index is 3.06. The Morgan fingerprint density at radius 2 is 1.87 bits per heavy atom. The molecule has 0 N–H and O–H groups in total. The van der Waals surface area contributed by atoms with Gasteiger partial charge in [-0.3, -0.25) is 4.79 Å². The molecule has 0 spiro atoms. The van der Waals surface area contributed by atoms with Crippen molar-refractivity contribution >= 4 is 6.04 Å². The van der Waals surface area contributed by atoms with Crippen molar-refractivity contribution < 1.29 is 31.5 Å². The minimum atomic E-state index is -5.10. The highest BCUT2D eigenvalue weighted by Crippen LogP contribution is 2.26. The molecule has 0 saturated carbocycles. The van der Waals surface area contributed by atoms with Gasteiger partial charge in [0.25, 0.3) is 0 Å². The highest BCUT2D eigenvalue weighted by atomic mass is 19.4. The fraction of sp³-hybridized carbons (Fsp3) is 0.125. The first-order valence-electron chi connectivity index (χ1n) is 3.55. The summed E-state index contributed by atoms with van der Waals surface area (Å²) in [4.78, 5) is 10.1. The fourth-order valence-corrected chi connectivity index (χ4v) is 0.829. The van der Waals surface area contributed by atoms with E-state index in [9.17, 15) is 26.7 Å². The maximum Gasteiger partial charge on any atom is 0.573 e. The molecule has 1 aromatic carbocycles. The van der Waals surface area contributed by atoms with Crippen LogP contribution in [0.3, 0.4) is 0 Å². The highest BCUT2D eigenvalue weighted by Gasteiger charge is 2.32. The third kappa shape index (κ3) is 3.19. The zero-order valence-electron chi connectivity index (χ0n) is 6.94. The molecule has 1 aromatic rings. The highest BCUT2D eigenvalue weighted by molar-refractivity contribution is 5.88. The molecule has 0 heterocycles. The van der Waals surface area contributed by atoms with Gasteiger partial charge < -0.3 is 4.74 Å². The van der Waals surface area contributed by atoms with Gasteiger partial charge in [0, 0.05) is 0 Å². The van der Waals surface area contributed by atoms with E-state index in [1.807, 2.05) is 0 Å². The fourth-order valence-electron chi connectivity index (χ4n) is 0.829. The van der Waals surface area contributed by atoms with E-state index >= 15 is 0 Å². The number of carbonyl (C=O) groups is 1. The first kappa shape index (κ1) is 11.4. The van der Waals surface area contributed by atoms with Gasteiger partial charge in [-0.15, -0.1) is 13.2 Å². The molecule has 7 heteroatoms. The number of alkyl halides is 3. The molecule has 0 bridgehead atoms. The molecule has 0 amide bonds. The average Bonchev–Trinajstić information content (AvgIpc) is 2.06. The summed E-state index contributed by atoms with van der Waals surface area (Å²) in [6.07, 6.45) is -5.10. The van der Waals surface area contributed by atoms with Crippen LogP contribution in [0.15, 0.2) is 18.2 Å². The summed E-state index contributed by atoms with van der Waals surface area (Å²) in [5, 5.41) is 0. The van der Waals surface area contributed by atoms with Gasteiger partial charge in [-0.25, -0.2) is 4.39 Å². The molecule has 2 nitrogen and oxygen atoms in total. The van der Waals surface area contributed by atoms with Crippen molar-refractivity contribution in [3.05, 3.63) is 29.6 Å². The number of hydrogen-bond donors (Lipinski definition) is 0. The quantitative estimate of drug-likeness (QED) is 0.572. The van der Waals surface area contributed by atoms with Crippen LogP contribution in [-0.4, -0.2) is 12.4 Å². The summed E-state index contributed by atoms with van der Waals surface area (Å²) in [6.45, 7) is 0. The average molecular weight is 226 g/mol. The van der Waals surface area contributed by atoms with Crippen molar-refractivity contribution in [2.45, 2.75) is 6.36 Å². The van der Waals surface area contributed by atoms with Crippen molar-refractivity contribution in [2.75, 3.05) is 0 Å². The van der Waals surface area contributed by atoms with Gasteiger partial charge in [0.2, 0.25) is 0 Å². The van der Waals surface area contributed by atoms with E-state index in [1.165, 1.54) is 0 Å². The van der Waals surface area contributed by atoms with E-state index in [0.29, 0.717) is 18.2 Å². The van der Waals surface area contributed by atoms with Crippen LogP contribution in [-0.2, 0) is 0 Å². The minimum Gasteiger partial charge on any atom is -0.403 e. The van der Waals surface area contributed by atoms with Gasteiger partial charge >= 0.3 is 12.4 Å². The lowest BCUT2D eigenvalue weighted by Gasteiger charge is -2.09. The standard InChI is InChI=1S/C8H3F5O2/c9-5-2-1-4(7(10)14)3-6(5)15-8(11,12)13/h1-3H. The summed E-state index contributed by atoms with van der Waals surface area (Å²) in [5.74, 6) is -2.58.